The van der Waals surface area contributed by atoms with Gasteiger partial charge in [0.1, 0.15) is 11.9 Å². The summed E-state index contributed by atoms with van der Waals surface area (Å²) in [6.45, 7) is 3.54. The molecular weight excluding hydrogens is 403 g/mol. The molecule has 152 valence electrons. The number of aromatic nitrogens is 1. The van der Waals surface area contributed by atoms with Gasteiger partial charge in [-0.15, -0.1) is 0 Å². The Bertz CT molecular complexity index is 1320. The average molecular weight is 422 g/mol. The van der Waals surface area contributed by atoms with E-state index in [4.69, 9.17) is 4.74 Å². The molecule has 3 aromatic rings. The van der Waals surface area contributed by atoms with Crippen LogP contribution in [0.3, 0.4) is 0 Å². The van der Waals surface area contributed by atoms with E-state index >= 15 is 0 Å². The average Bonchev–Trinajstić information content (AvgIpc) is 3.03. The highest BCUT2D eigenvalue weighted by atomic mass is 32.1. The number of rotatable bonds is 4. The van der Waals surface area contributed by atoms with Gasteiger partial charge in [-0.2, -0.15) is 0 Å². The minimum absolute atomic E-state index is 0.165. The van der Waals surface area contributed by atoms with Gasteiger partial charge < -0.3 is 4.74 Å². The largest absolute Gasteiger partial charge is 0.463 e. The molecule has 1 aromatic heterocycles. The maximum absolute atomic E-state index is 14.8. The topological polar surface area (TPSA) is 60.7 Å². The molecule has 0 amide bonds. The third-order valence-corrected chi connectivity index (χ3v) is 5.80. The van der Waals surface area contributed by atoms with Crippen molar-refractivity contribution in [3.63, 3.8) is 0 Å². The Balaban J connectivity index is 1.99. The van der Waals surface area contributed by atoms with Crippen LogP contribution in [-0.4, -0.2) is 17.1 Å². The number of allylic oxidation sites excluding steroid dienone is 1. The molecule has 1 aliphatic heterocycles. The lowest BCUT2D eigenvalue weighted by molar-refractivity contribution is -0.139. The van der Waals surface area contributed by atoms with E-state index in [1.165, 1.54) is 22.0 Å². The van der Waals surface area contributed by atoms with Crippen LogP contribution in [0.4, 0.5) is 4.39 Å². The number of ether oxygens (including phenoxy) is 1. The fraction of sp³-hybridized carbons (Fsp3) is 0.174. The lowest BCUT2D eigenvalue weighted by atomic mass is 9.95. The Hall–Kier alpha value is -3.32. The van der Waals surface area contributed by atoms with Crippen LogP contribution in [0.25, 0.3) is 6.08 Å². The minimum Gasteiger partial charge on any atom is -0.463 e. The molecule has 7 heteroatoms. The van der Waals surface area contributed by atoms with Crippen molar-refractivity contribution >= 4 is 23.4 Å². The molecule has 1 atom stereocenters. The van der Waals surface area contributed by atoms with Gasteiger partial charge in [-0.3, -0.25) is 9.36 Å². The molecule has 30 heavy (non-hydrogen) atoms. The Kier molecular flexibility index (Phi) is 5.46. The summed E-state index contributed by atoms with van der Waals surface area (Å²) >= 11 is 1.21. The van der Waals surface area contributed by atoms with Crippen molar-refractivity contribution in [2.45, 2.75) is 19.9 Å². The summed E-state index contributed by atoms with van der Waals surface area (Å²) in [5.74, 6) is -1.11. The fourth-order valence-electron chi connectivity index (χ4n) is 3.48. The van der Waals surface area contributed by atoms with Gasteiger partial charge >= 0.3 is 5.97 Å². The van der Waals surface area contributed by atoms with Crippen LogP contribution < -0.4 is 14.9 Å². The van der Waals surface area contributed by atoms with Crippen LogP contribution in [-0.2, 0) is 9.53 Å². The van der Waals surface area contributed by atoms with Crippen LogP contribution in [0.15, 0.2) is 75.7 Å². The third kappa shape index (κ3) is 3.52. The number of carbonyl (C=O) groups excluding carboxylic acids is 1. The molecule has 1 unspecified atom stereocenters. The number of carbonyl (C=O) groups is 1. The van der Waals surface area contributed by atoms with Crippen molar-refractivity contribution in [3.8, 4) is 0 Å². The smallest absolute Gasteiger partial charge is 0.338 e. The molecule has 2 heterocycles. The van der Waals surface area contributed by atoms with Crippen LogP contribution in [0.1, 0.15) is 31.0 Å². The van der Waals surface area contributed by atoms with Gasteiger partial charge in [0.2, 0.25) is 0 Å². The molecule has 2 aromatic carbocycles. The van der Waals surface area contributed by atoms with E-state index in [9.17, 15) is 14.0 Å². The summed E-state index contributed by atoms with van der Waals surface area (Å²) in [5.41, 5.74) is 1.34. The number of hydrogen-bond acceptors (Lipinski definition) is 5. The highest BCUT2D eigenvalue weighted by Crippen LogP contribution is 2.32. The molecule has 0 radical (unpaired) electrons. The quantitative estimate of drug-likeness (QED) is 0.608. The molecule has 0 saturated heterocycles. The predicted molar refractivity (Wildman–Crippen MR) is 113 cm³/mol. The highest BCUT2D eigenvalue weighted by molar-refractivity contribution is 7.07. The maximum Gasteiger partial charge on any atom is 0.338 e. The molecule has 0 N–H and O–H groups in total. The number of fused-ring (bicyclic) bond motifs is 1. The Morgan fingerprint density at radius 1 is 1.20 bits per heavy atom. The normalized spacial score (nSPS) is 16.2. The summed E-state index contributed by atoms with van der Waals surface area (Å²) in [7, 11) is 0. The van der Waals surface area contributed by atoms with Gasteiger partial charge in [-0.25, -0.2) is 14.2 Å². The van der Waals surface area contributed by atoms with Crippen LogP contribution in [0.2, 0.25) is 0 Å². The van der Waals surface area contributed by atoms with Gasteiger partial charge in [0, 0.05) is 5.56 Å². The second-order valence-corrected chi connectivity index (χ2v) is 7.74. The summed E-state index contributed by atoms with van der Waals surface area (Å²) in [4.78, 5) is 31.0. The summed E-state index contributed by atoms with van der Waals surface area (Å²) in [5, 5.41) is 0. The van der Waals surface area contributed by atoms with Crippen molar-refractivity contribution in [1.82, 2.24) is 4.57 Å². The summed E-state index contributed by atoms with van der Waals surface area (Å²) < 4.78 is 21.8. The number of esters is 1. The molecule has 0 aliphatic carbocycles. The Morgan fingerprint density at radius 2 is 1.90 bits per heavy atom. The van der Waals surface area contributed by atoms with E-state index in [0.717, 1.165) is 5.56 Å². The van der Waals surface area contributed by atoms with Gasteiger partial charge in [0.25, 0.3) is 5.56 Å². The maximum atomic E-state index is 14.8. The molecule has 0 spiro atoms. The number of benzene rings is 2. The first-order chi connectivity index (χ1) is 14.5. The lowest BCUT2D eigenvalue weighted by Gasteiger charge is -2.24. The molecule has 4 rings (SSSR count). The monoisotopic (exact) mass is 422 g/mol. The first kappa shape index (κ1) is 20.0. The van der Waals surface area contributed by atoms with E-state index in [2.05, 4.69) is 4.99 Å². The van der Waals surface area contributed by atoms with Crippen LogP contribution in [0.5, 0.6) is 0 Å². The SMILES string of the molecule is CCOC(=O)C1=C(C)N=c2s/c(=C/c3ccccc3)c(=O)n2C1c1ccccc1F. The van der Waals surface area contributed by atoms with Crippen LogP contribution in [0, 0.1) is 5.82 Å². The van der Waals surface area contributed by atoms with Gasteiger partial charge in [-0.05, 0) is 31.6 Å². The predicted octanol–water partition coefficient (Wildman–Crippen LogP) is 2.94. The molecular formula is C23H19FN2O3S. The summed E-state index contributed by atoms with van der Waals surface area (Å²) in [6.07, 6.45) is 1.77. The second-order valence-electron chi connectivity index (χ2n) is 6.73. The highest BCUT2D eigenvalue weighted by Gasteiger charge is 2.34. The van der Waals surface area contributed by atoms with Crippen molar-refractivity contribution in [2.24, 2.45) is 4.99 Å². The van der Waals surface area contributed by atoms with Gasteiger partial charge in [-0.1, -0.05) is 59.9 Å². The van der Waals surface area contributed by atoms with Crippen LogP contribution >= 0.6 is 11.3 Å². The molecule has 0 fully saturated rings. The van der Waals surface area contributed by atoms with E-state index < -0.39 is 17.8 Å². The first-order valence-electron chi connectivity index (χ1n) is 9.50. The molecule has 0 saturated carbocycles. The number of thiazole rings is 1. The number of hydrogen-bond donors (Lipinski definition) is 0. The van der Waals surface area contributed by atoms with E-state index in [1.807, 2.05) is 30.3 Å². The Labute approximate surface area is 176 Å². The third-order valence-electron chi connectivity index (χ3n) is 4.81. The van der Waals surface area contributed by atoms with E-state index in [-0.39, 0.29) is 23.3 Å². The first-order valence-corrected chi connectivity index (χ1v) is 10.3. The fourth-order valence-corrected chi connectivity index (χ4v) is 4.53. The zero-order chi connectivity index (χ0) is 21.3. The van der Waals surface area contributed by atoms with Crippen molar-refractivity contribution in [1.29, 1.82) is 0 Å². The molecule has 1 aliphatic rings. The zero-order valence-corrected chi connectivity index (χ0v) is 17.3. The number of halogens is 1. The van der Waals surface area contributed by atoms with Crippen molar-refractivity contribution in [3.05, 3.63) is 102 Å². The lowest BCUT2D eigenvalue weighted by Crippen LogP contribution is -2.40. The Morgan fingerprint density at radius 3 is 2.60 bits per heavy atom. The van der Waals surface area contributed by atoms with Gasteiger partial charge in [0.05, 0.1) is 22.4 Å². The summed E-state index contributed by atoms with van der Waals surface area (Å²) in [6, 6.07) is 14.6. The standard InChI is InChI=1S/C23H19FN2O3S/c1-3-29-22(28)19-14(2)25-23-26(20(19)16-11-7-8-12-17(16)24)21(27)18(30-23)13-15-9-5-4-6-10-15/h4-13,20H,3H2,1-2H3/b18-13+. The minimum atomic E-state index is -0.945. The van der Waals surface area contributed by atoms with Crippen molar-refractivity contribution < 1.29 is 13.9 Å². The van der Waals surface area contributed by atoms with E-state index in [1.54, 1.807) is 38.1 Å². The van der Waals surface area contributed by atoms with E-state index in [0.29, 0.717) is 15.0 Å². The van der Waals surface area contributed by atoms with Crippen molar-refractivity contribution in [2.75, 3.05) is 6.61 Å². The second kappa shape index (κ2) is 8.20. The molecule has 0 bridgehead atoms. The molecule has 5 nitrogen and oxygen atoms in total. The van der Waals surface area contributed by atoms with Gasteiger partial charge in [0.15, 0.2) is 4.80 Å². The zero-order valence-electron chi connectivity index (χ0n) is 16.5. The number of nitrogens with zero attached hydrogens (tertiary/aromatic N) is 2.